The van der Waals surface area contributed by atoms with Crippen molar-refractivity contribution in [1.82, 2.24) is 15.1 Å². The van der Waals surface area contributed by atoms with E-state index < -0.39 is 0 Å². The molecule has 1 aromatic heterocycles. The van der Waals surface area contributed by atoms with Crippen LogP contribution in [-0.2, 0) is 20.8 Å². The second kappa shape index (κ2) is 7.88. The Hall–Kier alpha value is -1.73. The highest BCUT2D eigenvalue weighted by Crippen LogP contribution is 2.34. The van der Waals surface area contributed by atoms with Crippen molar-refractivity contribution in [3.63, 3.8) is 0 Å². The minimum Gasteiger partial charge on any atom is -0.381 e. The maximum atomic E-state index is 12.4. The molecule has 0 radical (unpaired) electrons. The van der Waals surface area contributed by atoms with Crippen LogP contribution >= 0.6 is 0 Å². The fraction of sp³-hybridized carbons (Fsp3) is 0.737. The number of amides is 1. The third kappa shape index (κ3) is 4.15. The van der Waals surface area contributed by atoms with Gasteiger partial charge in [-0.2, -0.15) is 5.10 Å². The minimum absolute atomic E-state index is 0.0136. The van der Waals surface area contributed by atoms with E-state index in [1.807, 2.05) is 13.8 Å². The summed E-state index contributed by atoms with van der Waals surface area (Å²) in [5.74, 6) is 0.0377. The first-order chi connectivity index (χ1) is 12.4. The van der Waals surface area contributed by atoms with E-state index in [0.29, 0.717) is 25.1 Å². The van der Waals surface area contributed by atoms with Crippen molar-refractivity contribution in [2.75, 3.05) is 19.8 Å². The van der Waals surface area contributed by atoms with E-state index in [0.717, 1.165) is 50.3 Å². The number of carbonyl (C=O) groups excluding carboxylic acids is 2. The Labute approximate surface area is 154 Å². The maximum absolute atomic E-state index is 12.4. The van der Waals surface area contributed by atoms with Gasteiger partial charge in [0.1, 0.15) is 0 Å². The third-order valence-corrected chi connectivity index (χ3v) is 5.55. The summed E-state index contributed by atoms with van der Waals surface area (Å²) in [7, 11) is 0. The van der Waals surface area contributed by atoms with Gasteiger partial charge in [-0.15, -0.1) is 0 Å². The Morgan fingerprint density at radius 2 is 2.00 bits per heavy atom. The van der Waals surface area contributed by atoms with E-state index >= 15 is 0 Å². The van der Waals surface area contributed by atoms with Gasteiger partial charge >= 0.3 is 0 Å². The first-order valence-corrected chi connectivity index (χ1v) is 9.46. The van der Waals surface area contributed by atoms with Gasteiger partial charge in [-0.05, 0) is 46.5 Å². The van der Waals surface area contributed by atoms with E-state index in [1.165, 1.54) is 0 Å². The van der Waals surface area contributed by atoms with Crippen molar-refractivity contribution in [3.8, 4) is 0 Å². The number of aromatic nitrogens is 2. The predicted molar refractivity (Wildman–Crippen MR) is 96.2 cm³/mol. The summed E-state index contributed by atoms with van der Waals surface area (Å²) in [6, 6.07) is 0.155. The van der Waals surface area contributed by atoms with Crippen LogP contribution in [0.3, 0.4) is 0 Å². The van der Waals surface area contributed by atoms with Crippen molar-refractivity contribution in [2.45, 2.75) is 71.1 Å². The zero-order chi connectivity index (χ0) is 18.7. The van der Waals surface area contributed by atoms with E-state index in [4.69, 9.17) is 9.47 Å². The number of nitrogens with one attached hydrogen (secondary N) is 1. The summed E-state index contributed by atoms with van der Waals surface area (Å²) in [6.07, 6.45) is 3.86. The third-order valence-electron chi connectivity index (χ3n) is 5.55. The number of hydrogen-bond acceptors (Lipinski definition) is 5. The first-order valence-electron chi connectivity index (χ1n) is 9.46. The molecule has 0 saturated carbocycles. The van der Waals surface area contributed by atoms with Crippen LogP contribution in [-0.4, -0.2) is 52.9 Å². The van der Waals surface area contributed by atoms with Crippen LogP contribution in [0.1, 0.15) is 60.8 Å². The maximum Gasteiger partial charge on any atom is 0.222 e. The van der Waals surface area contributed by atoms with Crippen LogP contribution < -0.4 is 5.32 Å². The monoisotopic (exact) mass is 363 g/mol. The molecule has 3 rings (SSSR count). The first kappa shape index (κ1) is 19.0. The zero-order valence-electron chi connectivity index (χ0n) is 16.0. The minimum atomic E-state index is -0.124. The molecule has 2 fully saturated rings. The van der Waals surface area contributed by atoms with E-state index in [1.54, 1.807) is 11.6 Å². The highest BCUT2D eigenvalue weighted by Gasteiger charge is 2.39. The molecule has 2 aliphatic heterocycles. The molecule has 144 valence electrons. The predicted octanol–water partition coefficient (Wildman–Crippen LogP) is 1.94. The lowest BCUT2D eigenvalue weighted by Gasteiger charge is -2.43. The van der Waals surface area contributed by atoms with Gasteiger partial charge in [0, 0.05) is 44.5 Å². The molecule has 1 N–H and O–H groups in total. The second-order valence-electron chi connectivity index (χ2n) is 7.48. The summed E-state index contributed by atoms with van der Waals surface area (Å²) < 4.78 is 13.2. The summed E-state index contributed by atoms with van der Waals surface area (Å²) in [6.45, 7) is 7.88. The fourth-order valence-electron chi connectivity index (χ4n) is 4.17. The van der Waals surface area contributed by atoms with Gasteiger partial charge in [0.25, 0.3) is 0 Å². The Morgan fingerprint density at radius 3 is 2.65 bits per heavy atom. The Bertz CT molecular complexity index is 671. The molecule has 1 spiro atoms. The molecule has 1 atom stereocenters. The van der Waals surface area contributed by atoms with Crippen molar-refractivity contribution in [2.24, 2.45) is 0 Å². The highest BCUT2D eigenvalue weighted by molar-refractivity contribution is 5.96. The van der Waals surface area contributed by atoms with Crippen LogP contribution in [0.2, 0.25) is 0 Å². The van der Waals surface area contributed by atoms with Crippen molar-refractivity contribution < 1.29 is 19.1 Å². The summed E-state index contributed by atoms with van der Waals surface area (Å²) in [5.41, 5.74) is 2.09. The lowest BCUT2D eigenvalue weighted by Crippen LogP contribution is -2.51. The van der Waals surface area contributed by atoms with Crippen molar-refractivity contribution in [3.05, 3.63) is 17.0 Å². The molecule has 1 aromatic rings. The van der Waals surface area contributed by atoms with Crippen LogP contribution in [0.15, 0.2) is 0 Å². The Kier molecular flexibility index (Phi) is 5.77. The molecular formula is C19H29N3O4. The molecule has 0 aliphatic carbocycles. The molecular weight excluding hydrogens is 334 g/mol. The number of aryl methyl sites for hydroxylation is 2. The zero-order valence-corrected chi connectivity index (χ0v) is 16.0. The van der Waals surface area contributed by atoms with Gasteiger partial charge in [0.2, 0.25) is 5.91 Å². The van der Waals surface area contributed by atoms with Gasteiger partial charge in [-0.3, -0.25) is 14.3 Å². The van der Waals surface area contributed by atoms with Crippen LogP contribution in [0.5, 0.6) is 0 Å². The van der Waals surface area contributed by atoms with Crippen LogP contribution in [0, 0.1) is 13.8 Å². The number of Topliss-reactive ketones (excluding diaryl/α,β-unsaturated/α-hetero) is 1. The highest BCUT2D eigenvalue weighted by atomic mass is 16.5. The molecule has 26 heavy (non-hydrogen) atoms. The molecule has 0 unspecified atom stereocenters. The molecule has 0 aromatic carbocycles. The average molecular weight is 363 g/mol. The van der Waals surface area contributed by atoms with Crippen molar-refractivity contribution >= 4 is 11.7 Å². The molecule has 0 bridgehead atoms. The normalized spacial score (nSPS) is 22.3. The standard InChI is InChI=1S/C19H29N3O4/c1-13-18(15(3)23)14(2)22(21-13)8-4-17(24)20-16-5-9-26-19(12-16)6-10-25-11-7-19/h16H,4-12H2,1-3H3,(H,20,24)/t16-/m0/s1. The van der Waals surface area contributed by atoms with Crippen LogP contribution in [0.25, 0.3) is 0 Å². The smallest absolute Gasteiger partial charge is 0.222 e. The molecule has 7 nitrogen and oxygen atoms in total. The van der Waals surface area contributed by atoms with Gasteiger partial charge in [-0.25, -0.2) is 0 Å². The fourth-order valence-corrected chi connectivity index (χ4v) is 4.17. The quantitative estimate of drug-likeness (QED) is 0.809. The molecule has 2 aliphatic rings. The molecule has 2 saturated heterocycles. The molecule has 7 heteroatoms. The second-order valence-corrected chi connectivity index (χ2v) is 7.48. The summed E-state index contributed by atoms with van der Waals surface area (Å²) in [5, 5.41) is 7.56. The largest absolute Gasteiger partial charge is 0.381 e. The van der Waals surface area contributed by atoms with E-state index in [9.17, 15) is 9.59 Å². The lowest BCUT2D eigenvalue weighted by molar-refractivity contribution is -0.144. The number of nitrogens with zero attached hydrogens (tertiary/aromatic N) is 2. The Balaban J connectivity index is 1.53. The van der Waals surface area contributed by atoms with Gasteiger partial charge in [-0.1, -0.05) is 0 Å². The Morgan fingerprint density at radius 1 is 1.27 bits per heavy atom. The SMILES string of the molecule is CC(=O)c1c(C)nn(CCC(=O)N[C@H]2CCOC3(CCOCC3)C2)c1C. The average Bonchev–Trinajstić information content (AvgIpc) is 2.87. The number of ketones is 1. The van der Waals surface area contributed by atoms with Gasteiger partial charge in [0.05, 0.1) is 16.9 Å². The lowest BCUT2D eigenvalue weighted by atomic mass is 9.84. The molecule has 3 heterocycles. The van der Waals surface area contributed by atoms with Gasteiger partial charge in [0.15, 0.2) is 5.78 Å². The van der Waals surface area contributed by atoms with Gasteiger partial charge < -0.3 is 14.8 Å². The summed E-state index contributed by atoms with van der Waals surface area (Å²) >= 11 is 0. The number of carbonyl (C=O) groups is 2. The number of rotatable bonds is 5. The number of hydrogen-bond donors (Lipinski definition) is 1. The summed E-state index contributed by atoms with van der Waals surface area (Å²) in [4.78, 5) is 24.1. The van der Waals surface area contributed by atoms with Crippen molar-refractivity contribution in [1.29, 1.82) is 0 Å². The number of ether oxygens (including phenoxy) is 2. The topological polar surface area (TPSA) is 82.5 Å². The molecule has 1 amide bonds. The van der Waals surface area contributed by atoms with E-state index in [-0.39, 0.29) is 23.3 Å². The van der Waals surface area contributed by atoms with E-state index in [2.05, 4.69) is 10.4 Å². The van der Waals surface area contributed by atoms with Crippen LogP contribution in [0.4, 0.5) is 0 Å².